The first kappa shape index (κ1) is 22.5. The van der Waals surface area contributed by atoms with Crippen molar-refractivity contribution in [3.63, 3.8) is 0 Å². The number of aryl methyl sites for hydroxylation is 1. The van der Waals surface area contributed by atoms with Gasteiger partial charge in [-0.3, -0.25) is 9.59 Å². The monoisotopic (exact) mass is 439 g/mol. The molecule has 162 valence electrons. The van der Waals surface area contributed by atoms with Crippen molar-refractivity contribution in [3.05, 3.63) is 100 Å². The standard InChI is InChI=1S/C23H25N3O4S/c27-22-13-4-6-15-26(22)16-7-5-14-24-23(28)20-11-8-12-21(17-20)31(29,30)25-18-19-9-2-1-3-10-19/h1-4,6,8-13,15,17,25H,5,7,14,16,18H2,(H,24,28). The Hall–Kier alpha value is -3.23. The van der Waals surface area contributed by atoms with Gasteiger partial charge >= 0.3 is 0 Å². The van der Waals surface area contributed by atoms with E-state index < -0.39 is 10.0 Å². The normalized spacial score (nSPS) is 11.2. The number of sulfonamides is 1. The molecule has 2 N–H and O–H groups in total. The molecule has 8 heteroatoms. The molecule has 0 aliphatic rings. The van der Waals surface area contributed by atoms with Gasteiger partial charge in [0.2, 0.25) is 15.6 Å². The summed E-state index contributed by atoms with van der Waals surface area (Å²) in [5.74, 6) is -0.336. The minimum atomic E-state index is -3.74. The maximum atomic E-state index is 12.6. The summed E-state index contributed by atoms with van der Waals surface area (Å²) in [6.45, 7) is 1.18. The van der Waals surface area contributed by atoms with Crippen molar-refractivity contribution in [3.8, 4) is 0 Å². The third-order valence-corrected chi connectivity index (χ3v) is 6.12. The van der Waals surface area contributed by atoms with Crippen LogP contribution < -0.4 is 15.6 Å². The van der Waals surface area contributed by atoms with E-state index in [0.717, 1.165) is 12.0 Å². The van der Waals surface area contributed by atoms with Gasteiger partial charge in [-0.2, -0.15) is 0 Å². The maximum absolute atomic E-state index is 12.6. The van der Waals surface area contributed by atoms with Crippen molar-refractivity contribution in [2.45, 2.75) is 30.8 Å². The lowest BCUT2D eigenvalue weighted by Crippen LogP contribution is -2.26. The van der Waals surface area contributed by atoms with E-state index in [1.54, 1.807) is 35.0 Å². The number of nitrogens with one attached hydrogen (secondary N) is 2. The first-order valence-corrected chi connectivity index (χ1v) is 11.5. The molecule has 3 aromatic rings. The Bertz CT molecular complexity index is 1170. The van der Waals surface area contributed by atoms with E-state index in [9.17, 15) is 18.0 Å². The number of hydrogen-bond donors (Lipinski definition) is 2. The summed E-state index contributed by atoms with van der Waals surface area (Å²) in [5.41, 5.74) is 1.07. The fourth-order valence-electron chi connectivity index (χ4n) is 3.02. The van der Waals surface area contributed by atoms with Crippen molar-refractivity contribution in [2.24, 2.45) is 0 Å². The molecule has 0 aliphatic heterocycles. The number of pyridine rings is 1. The highest BCUT2D eigenvalue weighted by Crippen LogP contribution is 2.12. The van der Waals surface area contributed by atoms with Gasteiger partial charge in [0.25, 0.3) is 5.91 Å². The molecule has 1 aromatic heterocycles. The molecule has 1 amide bonds. The van der Waals surface area contributed by atoms with Gasteiger partial charge in [0.1, 0.15) is 0 Å². The van der Waals surface area contributed by atoms with Crippen molar-refractivity contribution in [1.82, 2.24) is 14.6 Å². The minimum absolute atomic E-state index is 0.0412. The van der Waals surface area contributed by atoms with Crippen LogP contribution in [0.25, 0.3) is 0 Å². The third-order valence-electron chi connectivity index (χ3n) is 4.73. The molecule has 1 heterocycles. The number of benzene rings is 2. The van der Waals surface area contributed by atoms with Gasteiger partial charge in [-0.05, 0) is 42.7 Å². The summed E-state index contributed by atoms with van der Waals surface area (Å²) in [6, 6.07) is 20.2. The Kier molecular flexibility index (Phi) is 7.75. The number of aromatic nitrogens is 1. The predicted molar refractivity (Wildman–Crippen MR) is 119 cm³/mol. The van der Waals surface area contributed by atoms with Crippen LogP contribution in [0.5, 0.6) is 0 Å². The van der Waals surface area contributed by atoms with Crippen molar-refractivity contribution < 1.29 is 13.2 Å². The Morgan fingerprint density at radius 3 is 2.45 bits per heavy atom. The number of amides is 1. The summed E-state index contributed by atoms with van der Waals surface area (Å²) in [5, 5.41) is 2.79. The molecule has 3 rings (SSSR count). The molecular formula is C23H25N3O4S. The van der Waals surface area contributed by atoms with E-state index >= 15 is 0 Å². The van der Waals surface area contributed by atoms with Crippen molar-refractivity contribution >= 4 is 15.9 Å². The fraction of sp³-hybridized carbons (Fsp3) is 0.217. The molecule has 2 aromatic carbocycles. The number of hydrogen-bond acceptors (Lipinski definition) is 4. The molecule has 0 aliphatic carbocycles. The zero-order valence-corrected chi connectivity index (χ0v) is 17.8. The first-order chi connectivity index (χ1) is 15.0. The molecule has 31 heavy (non-hydrogen) atoms. The number of rotatable bonds is 10. The summed E-state index contributed by atoms with van der Waals surface area (Å²) in [7, 11) is -3.74. The molecule has 0 atom stereocenters. The van der Waals surface area contributed by atoms with Gasteiger partial charge < -0.3 is 9.88 Å². The zero-order chi connectivity index (χ0) is 22.1. The summed E-state index contributed by atoms with van der Waals surface area (Å²) >= 11 is 0. The topological polar surface area (TPSA) is 97.3 Å². The molecular weight excluding hydrogens is 414 g/mol. The third kappa shape index (κ3) is 6.63. The lowest BCUT2D eigenvalue weighted by Gasteiger charge is -2.09. The number of nitrogens with zero attached hydrogens (tertiary/aromatic N) is 1. The Morgan fingerprint density at radius 2 is 1.68 bits per heavy atom. The highest BCUT2D eigenvalue weighted by Gasteiger charge is 2.16. The van der Waals surface area contributed by atoms with Crippen LogP contribution in [-0.4, -0.2) is 25.4 Å². The van der Waals surface area contributed by atoms with Crippen LogP contribution in [0, 0.1) is 0 Å². The highest BCUT2D eigenvalue weighted by atomic mass is 32.2. The first-order valence-electron chi connectivity index (χ1n) is 10.0. The van der Waals surface area contributed by atoms with Crippen LogP contribution in [0.1, 0.15) is 28.8 Å². The fourth-order valence-corrected chi connectivity index (χ4v) is 4.08. The number of carbonyl (C=O) groups excluding carboxylic acids is 1. The Morgan fingerprint density at radius 1 is 0.903 bits per heavy atom. The molecule has 7 nitrogen and oxygen atoms in total. The van der Waals surface area contributed by atoms with Crippen molar-refractivity contribution in [2.75, 3.05) is 6.54 Å². The highest BCUT2D eigenvalue weighted by molar-refractivity contribution is 7.89. The van der Waals surface area contributed by atoms with Crippen molar-refractivity contribution in [1.29, 1.82) is 0 Å². The SMILES string of the molecule is O=C(NCCCCn1ccccc1=O)c1cccc(S(=O)(=O)NCc2ccccc2)c1. The van der Waals surface area contributed by atoms with E-state index in [-0.39, 0.29) is 28.5 Å². The Labute approximate surface area is 181 Å². The van der Waals surface area contributed by atoms with Crippen LogP contribution >= 0.6 is 0 Å². The smallest absolute Gasteiger partial charge is 0.251 e. The van der Waals surface area contributed by atoms with E-state index in [0.29, 0.717) is 19.5 Å². The average Bonchev–Trinajstić information content (AvgIpc) is 2.79. The molecule has 0 spiro atoms. The second-order valence-electron chi connectivity index (χ2n) is 7.03. The van der Waals surface area contributed by atoms with E-state index in [4.69, 9.17) is 0 Å². The molecule has 0 saturated heterocycles. The van der Waals surface area contributed by atoms with Gasteiger partial charge in [0.05, 0.1) is 4.90 Å². The van der Waals surface area contributed by atoms with Gasteiger partial charge in [-0.25, -0.2) is 13.1 Å². The van der Waals surface area contributed by atoms with Gasteiger partial charge in [-0.15, -0.1) is 0 Å². The van der Waals surface area contributed by atoms with Crippen LogP contribution in [0.2, 0.25) is 0 Å². The van der Waals surface area contributed by atoms with Crippen LogP contribution in [0.3, 0.4) is 0 Å². The summed E-state index contributed by atoms with van der Waals surface area (Å²) in [6.07, 6.45) is 3.17. The Balaban J connectivity index is 1.51. The number of carbonyl (C=O) groups is 1. The van der Waals surface area contributed by atoms with Crippen LogP contribution in [0.4, 0.5) is 0 Å². The van der Waals surface area contributed by atoms with E-state index in [1.807, 2.05) is 30.3 Å². The van der Waals surface area contributed by atoms with Crippen LogP contribution in [0.15, 0.2) is 88.7 Å². The summed E-state index contributed by atoms with van der Waals surface area (Å²) < 4.78 is 29.3. The average molecular weight is 440 g/mol. The lowest BCUT2D eigenvalue weighted by atomic mass is 10.2. The quantitative estimate of drug-likeness (QED) is 0.475. The minimum Gasteiger partial charge on any atom is -0.352 e. The summed E-state index contributed by atoms with van der Waals surface area (Å²) in [4.78, 5) is 24.1. The van der Waals surface area contributed by atoms with Crippen LogP contribution in [-0.2, 0) is 23.1 Å². The van der Waals surface area contributed by atoms with E-state index in [1.165, 1.54) is 18.2 Å². The van der Waals surface area contributed by atoms with Gasteiger partial charge in [-0.1, -0.05) is 42.5 Å². The largest absolute Gasteiger partial charge is 0.352 e. The molecule has 0 unspecified atom stereocenters. The molecule has 0 bridgehead atoms. The second-order valence-corrected chi connectivity index (χ2v) is 8.80. The zero-order valence-electron chi connectivity index (χ0n) is 17.0. The molecule has 0 fully saturated rings. The van der Waals surface area contributed by atoms with Gasteiger partial charge in [0.15, 0.2) is 0 Å². The lowest BCUT2D eigenvalue weighted by molar-refractivity contribution is 0.0952. The number of unbranched alkanes of at least 4 members (excludes halogenated alkanes) is 1. The van der Waals surface area contributed by atoms with Gasteiger partial charge in [0, 0.05) is 37.5 Å². The second kappa shape index (κ2) is 10.7. The molecule has 0 radical (unpaired) electrons. The maximum Gasteiger partial charge on any atom is 0.251 e. The van der Waals surface area contributed by atoms with E-state index in [2.05, 4.69) is 10.0 Å². The predicted octanol–water partition coefficient (Wildman–Crippen LogP) is 2.54. The molecule has 0 saturated carbocycles.